The number of ether oxygens (including phenoxy) is 2. The van der Waals surface area contributed by atoms with E-state index >= 15 is 0 Å². The standard InChI is InChI=1S/C17H23F3N2O3/c1-16(2,3)25-15(23)22-7-5-6-11(10-22)12-8-13(17(18,19)20)21-14(9-12)24-4/h8-9,11H,5-7,10H2,1-4H3. The third-order valence-electron chi connectivity index (χ3n) is 3.87. The van der Waals surface area contributed by atoms with Gasteiger partial charge in [0.1, 0.15) is 11.3 Å². The summed E-state index contributed by atoms with van der Waals surface area (Å²) in [5.41, 5.74) is -1.14. The maximum absolute atomic E-state index is 13.0. The van der Waals surface area contributed by atoms with Crippen LogP contribution in [-0.4, -0.2) is 41.8 Å². The third kappa shape index (κ3) is 5.24. The Morgan fingerprint density at radius 1 is 1.28 bits per heavy atom. The van der Waals surface area contributed by atoms with Gasteiger partial charge in [0.25, 0.3) is 0 Å². The van der Waals surface area contributed by atoms with E-state index in [1.165, 1.54) is 13.2 Å². The normalized spacial score (nSPS) is 18.8. The lowest BCUT2D eigenvalue weighted by atomic mass is 9.91. The molecule has 1 unspecified atom stereocenters. The number of pyridine rings is 1. The maximum atomic E-state index is 13.0. The highest BCUT2D eigenvalue weighted by molar-refractivity contribution is 5.68. The fourth-order valence-electron chi connectivity index (χ4n) is 2.75. The summed E-state index contributed by atoms with van der Waals surface area (Å²) in [6, 6.07) is 2.53. The quantitative estimate of drug-likeness (QED) is 0.792. The van der Waals surface area contributed by atoms with Crippen LogP contribution >= 0.6 is 0 Å². The summed E-state index contributed by atoms with van der Waals surface area (Å²) in [6.45, 7) is 6.15. The molecule has 2 heterocycles. The van der Waals surface area contributed by atoms with Crippen molar-refractivity contribution >= 4 is 6.09 Å². The van der Waals surface area contributed by atoms with Crippen molar-refractivity contribution in [3.8, 4) is 5.88 Å². The van der Waals surface area contributed by atoms with E-state index in [1.54, 1.807) is 25.7 Å². The average Bonchev–Trinajstić information content (AvgIpc) is 2.52. The molecule has 0 saturated carbocycles. The van der Waals surface area contributed by atoms with Gasteiger partial charge in [-0.25, -0.2) is 9.78 Å². The summed E-state index contributed by atoms with van der Waals surface area (Å²) in [7, 11) is 1.28. The van der Waals surface area contributed by atoms with Crippen LogP contribution in [0.25, 0.3) is 0 Å². The predicted octanol–water partition coefficient (Wildman–Crippen LogP) is 4.22. The van der Waals surface area contributed by atoms with Crippen molar-refractivity contribution in [2.24, 2.45) is 0 Å². The number of rotatable bonds is 2. The van der Waals surface area contributed by atoms with Crippen molar-refractivity contribution in [1.29, 1.82) is 0 Å². The highest BCUT2D eigenvalue weighted by Crippen LogP contribution is 2.34. The monoisotopic (exact) mass is 360 g/mol. The highest BCUT2D eigenvalue weighted by Gasteiger charge is 2.35. The molecule has 0 bridgehead atoms. The SMILES string of the molecule is COc1cc(C2CCCN(C(=O)OC(C)(C)C)C2)cc(C(F)(F)F)n1. The van der Waals surface area contributed by atoms with Crippen LogP contribution in [0.5, 0.6) is 5.88 Å². The molecule has 1 saturated heterocycles. The van der Waals surface area contributed by atoms with Crippen molar-refractivity contribution in [2.75, 3.05) is 20.2 Å². The van der Waals surface area contributed by atoms with Crippen LogP contribution in [-0.2, 0) is 10.9 Å². The molecule has 140 valence electrons. The maximum Gasteiger partial charge on any atom is 0.433 e. The molecular formula is C17H23F3N2O3. The van der Waals surface area contributed by atoms with E-state index in [9.17, 15) is 18.0 Å². The van der Waals surface area contributed by atoms with Crippen LogP contribution < -0.4 is 4.74 Å². The number of halogens is 3. The molecule has 1 aliphatic heterocycles. The van der Waals surface area contributed by atoms with Crippen LogP contribution in [0.15, 0.2) is 12.1 Å². The van der Waals surface area contributed by atoms with Crippen LogP contribution in [0.2, 0.25) is 0 Å². The smallest absolute Gasteiger partial charge is 0.433 e. The van der Waals surface area contributed by atoms with Crippen molar-refractivity contribution in [3.05, 3.63) is 23.4 Å². The Kier molecular flexibility index (Phi) is 5.49. The molecule has 0 spiro atoms. The van der Waals surface area contributed by atoms with Crippen LogP contribution in [0.3, 0.4) is 0 Å². The topological polar surface area (TPSA) is 51.7 Å². The lowest BCUT2D eigenvalue weighted by Crippen LogP contribution is -2.42. The van der Waals surface area contributed by atoms with Gasteiger partial charge in [-0.1, -0.05) is 0 Å². The minimum Gasteiger partial charge on any atom is -0.481 e. The molecule has 0 aliphatic carbocycles. The van der Waals surface area contributed by atoms with E-state index in [1.807, 2.05) is 0 Å². The molecule has 1 aromatic heterocycles. The van der Waals surface area contributed by atoms with E-state index in [-0.39, 0.29) is 11.8 Å². The molecule has 25 heavy (non-hydrogen) atoms. The number of methoxy groups -OCH3 is 1. The number of alkyl halides is 3. The van der Waals surface area contributed by atoms with Crippen molar-refractivity contribution in [2.45, 2.75) is 51.3 Å². The van der Waals surface area contributed by atoms with Crippen LogP contribution in [0.4, 0.5) is 18.0 Å². The van der Waals surface area contributed by atoms with Gasteiger partial charge in [-0.05, 0) is 45.2 Å². The number of piperidine rings is 1. The number of aromatic nitrogens is 1. The summed E-state index contributed by atoms with van der Waals surface area (Å²) in [4.78, 5) is 17.2. The van der Waals surface area contributed by atoms with Crippen molar-refractivity contribution in [3.63, 3.8) is 0 Å². The Morgan fingerprint density at radius 2 is 1.96 bits per heavy atom. The molecule has 2 rings (SSSR count). The molecule has 1 fully saturated rings. The molecule has 5 nitrogen and oxygen atoms in total. The first-order valence-corrected chi connectivity index (χ1v) is 8.10. The third-order valence-corrected chi connectivity index (χ3v) is 3.87. The first-order chi connectivity index (χ1) is 11.5. The van der Waals surface area contributed by atoms with Crippen molar-refractivity contribution in [1.82, 2.24) is 9.88 Å². The number of hydrogen-bond acceptors (Lipinski definition) is 4. The Balaban J connectivity index is 2.22. The van der Waals surface area contributed by atoms with E-state index in [4.69, 9.17) is 9.47 Å². The van der Waals surface area contributed by atoms with Crippen LogP contribution in [0, 0.1) is 0 Å². The number of carbonyl (C=O) groups is 1. The van der Waals surface area contributed by atoms with E-state index in [0.29, 0.717) is 31.5 Å². The Labute approximate surface area is 145 Å². The summed E-state index contributed by atoms with van der Waals surface area (Å²) in [5.74, 6) is -0.307. The largest absolute Gasteiger partial charge is 0.481 e. The second-order valence-corrected chi connectivity index (χ2v) is 7.09. The zero-order valence-corrected chi connectivity index (χ0v) is 14.8. The second-order valence-electron chi connectivity index (χ2n) is 7.09. The van der Waals surface area contributed by atoms with Gasteiger partial charge in [0.05, 0.1) is 7.11 Å². The number of likely N-dealkylation sites (tertiary alicyclic amines) is 1. The summed E-state index contributed by atoms with van der Waals surface area (Å²) < 4.78 is 49.4. The Hall–Kier alpha value is -1.99. The number of carbonyl (C=O) groups excluding carboxylic acids is 1. The predicted molar refractivity (Wildman–Crippen MR) is 85.6 cm³/mol. The summed E-state index contributed by atoms with van der Waals surface area (Å²) in [5, 5.41) is 0. The van der Waals surface area contributed by atoms with E-state index in [2.05, 4.69) is 4.98 Å². The number of nitrogens with zero attached hydrogens (tertiary/aromatic N) is 2. The van der Waals surface area contributed by atoms with Gasteiger partial charge in [0.15, 0.2) is 0 Å². The molecule has 0 aromatic carbocycles. The molecule has 1 aromatic rings. The zero-order valence-electron chi connectivity index (χ0n) is 14.8. The van der Waals surface area contributed by atoms with Gasteiger partial charge in [-0.15, -0.1) is 0 Å². The molecule has 1 atom stereocenters. The van der Waals surface area contributed by atoms with Gasteiger partial charge in [0.2, 0.25) is 5.88 Å². The average molecular weight is 360 g/mol. The van der Waals surface area contributed by atoms with Gasteiger partial charge < -0.3 is 14.4 Å². The molecule has 8 heteroatoms. The van der Waals surface area contributed by atoms with Crippen molar-refractivity contribution < 1.29 is 27.4 Å². The summed E-state index contributed by atoms with van der Waals surface area (Å²) in [6.07, 6.45) is -3.63. The molecule has 0 radical (unpaired) electrons. The molecular weight excluding hydrogens is 337 g/mol. The van der Waals surface area contributed by atoms with Gasteiger partial charge in [-0.3, -0.25) is 0 Å². The first-order valence-electron chi connectivity index (χ1n) is 8.10. The fraction of sp³-hybridized carbons (Fsp3) is 0.647. The molecule has 1 amide bonds. The Morgan fingerprint density at radius 3 is 2.52 bits per heavy atom. The van der Waals surface area contributed by atoms with E-state index in [0.717, 1.165) is 6.07 Å². The van der Waals surface area contributed by atoms with Crippen LogP contribution in [0.1, 0.15) is 50.8 Å². The van der Waals surface area contributed by atoms with Gasteiger partial charge >= 0.3 is 12.3 Å². The second kappa shape index (κ2) is 7.09. The van der Waals surface area contributed by atoms with Gasteiger partial charge in [0, 0.05) is 25.1 Å². The number of amides is 1. The zero-order chi connectivity index (χ0) is 18.8. The summed E-state index contributed by atoms with van der Waals surface area (Å²) >= 11 is 0. The van der Waals surface area contributed by atoms with E-state index < -0.39 is 23.6 Å². The minimum absolute atomic E-state index is 0.0841. The molecule has 1 aliphatic rings. The first kappa shape index (κ1) is 19.3. The minimum atomic E-state index is -4.55. The lowest BCUT2D eigenvalue weighted by Gasteiger charge is -2.34. The highest BCUT2D eigenvalue weighted by atomic mass is 19.4. The fourth-order valence-corrected chi connectivity index (χ4v) is 2.75. The van der Waals surface area contributed by atoms with Gasteiger partial charge in [-0.2, -0.15) is 13.2 Å². The lowest BCUT2D eigenvalue weighted by molar-refractivity contribution is -0.141. The molecule has 0 N–H and O–H groups in total. The number of hydrogen-bond donors (Lipinski definition) is 0. The Bertz CT molecular complexity index is 627.